The van der Waals surface area contributed by atoms with Crippen molar-refractivity contribution < 1.29 is 14.3 Å². The fourth-order valence-corrected chi connectivity index (χ4v) is 3.78. The van der Waals surface area contributed by atoms with Gasteiger partial charge in [-0.05, 0) is 69.5 Å². The number of H-pyrrole nitrogens is 1. The number of carbonyl (C=O) groups excluding carboxylic acids is 2. The first-order valence-electron chi connectivity index (χ1n) is 11.9. The van der Waals surface area contributed by atoms with Gasteiger partial charge in [0.1, 0.15) is 5.60 Å². The van der Waals surface area contributed by atoms with E-state index in [9.17, 15) is 14.9 Å². The smallest absolute Gasteiger partial charge is 0.335 e. The van der Waals surface area contributed by atoms with Crippen molar-refractivity contribution in [3.8, 4) is 6.07 Å². The molecule has 0 radical (unpaired) electrons. The maximum Gasteiger partial charge on any atom is 0.335 e. The Morgan fingerprint density at radius 2 is 1.86 bits per heavy atom. The highest BCUT2D eigenvalue weighted by Crippen LogP contribution is 2.31. The molecule has 0 spiro atoms. The van der Waals surface area contributed by atoms with Crippen LogP contribution >= 0.6 is 0 Å². The summed E-state index contributed by atoms with van der Waals surface area (Å²) < 4.78 is 5.74. The van der Waals surface area contributed by atoms with Crippen LogP contribution in [0.15, 0.2) is 54.9 Å². The van der Waals surface area contributed by atoms with E-state index in [4.69, 9.17) is 4.74 Å². The lowest BCUT2D eigenvalue weighted by molar-refractivity contribution is -0.156. The molecule has 36 heavy (non-hydrogen) atoms. The number of anilines is 2. The van der Waals surface area contributed by atoms with Gasteiger partial charge >= 0.3 is 5.97 Å². The zero-order valence-electron chi connectivity index (χ0n) is 21.6. The first kappa shape index (κ1) is 26.5. The minimum Gasteiger partial charge on any atom is -0.458 e. The lowest BCUT2D eigenvalue weighted by atomic mass is 10.0. The van der Waals surface area contributed by atoms with Gasteiger partial charge < -0.3 is 19.9 Å². The predicted molar refractivity (Wildman–Crippen MR) is 140 cm³/mol. The number of ether oxygens (including phenoxy) is 1. The molecule has 2 aromatic carbocycles. The molecule has 188 valence electrons. The number of amides is 1. The minimum atomic E-state index is -1.02. The standard InChI is InChI=1S/C28H33N5O3/c1-18(2)21-10-12-22(13-11-21)32-24(34)16-33(23-9-7-8-20(14-23)15-29)26(25-19(3)30-17-31-25)27(35)36-28(4,5)6/h7-14,17-18,26H,16H2,1-6H3,(H,30,31)(H,32,34). The van der Waals surface area contributed by atoms with Gasteiger partial charge in [0.25, 0.3) is 0 Å². The third kappa shape index (κ3) is 6.72. The van der Waals surface area contributed by atoms with Crippen LogP contribution in [0.25, 0.3) is 0 Å². The normalized spacial score (nSPS) is 12.1. The van der Waals surface area contributed by atoms with Crippen LogP contribution in [0, 0.1) is 18.3 Å². The van der Waals surface area contributed by atoms with Crippen LogP contribution in [0.1, 0.15) is 69.1 Å². The number of rotatable bonds is 8. The van der Waals surface area contributed by atoms with E-state index in [1.54, 1.807) is 56.9 Å². The van der Waals surface area contributed by atoms with E-state index in [1.165, 1.54) is 11.9 Å². The molecule has 0 aliphatic carbocycles. The van der Waals surface area contributed by atoms with Gasteiger partial charge in [-0.1, -0.05) is 32.0 Å². The Hall–Kier alpha value is -4.12. The number of imidazole rings is 1. The second-order valence-electron chi connectivity index (χ2n) is 9.96. The molecule has 3 rings (SSSR count). The fraction of sp³-hybridized carbons (Fsp3) is 0.357. The van der Waals surface area contributed by atoms with E-state index in [0.717, 1.165) is 0 Å². The Morgan fingerprint density at radius 3 is 2.42 bits per heavy atom. The number of nitriles is 1. The first-order chi connectivity index (χ1) is 17.0. The highest BCUT2D eigenvalue weighted by Gasteiger charge is 2.36. The molecule has 1 amide bonds. The van der Waals surface area contributed by atoms with Gasteiger partial charge in [-0.25, -0.2) is 9.78 Å². The number of hydrogen-bond acceptors (Lipinski definition) is 6. The maximum atomic E-state index is 13.5. The summed E-state index contributed by atoms with van der Waals surface area (Å²) in [6.07, 6.45) is 1.50. The molecule has 1 heterocycles. The van der Waals surface area contributed by atoms with Gasteiger partial charge in [-0.15, -0.1) is 0 Å². The van der Waals surface area contributed by atoms with E-state index in [-0.39, 0.29) is 12.5 Å². The largest absolute Gasteiger partial charge is 0.458 e. The van der Waals surface area contributed by atoms with Crippen molar-refractivity contribution in [2.45, 2.75) is 59.1 Å². The number of carbonyl (C=O) groups is 2. The van der Waals surface area contributed by atoms with Crippen LogP contribution in [0.3, 0.4) is 0 Å². The van der Waals surface area contributed by atoms with E-state index in [0.29, 0.717) is 34.2 Å². The van der Waals surface area contributed by atoms with Gasteiger partial charge in [0, 0.05) is 17.1 Å². The summed E-state index contributed by atoms with van der Waals surface area (Å²) >= 11 is 0. The summed E-state index contributed by atoms with van der Waals surface area (Å²) in [6, 6.07) is 15.6. The molecule has 0 saturated heterocycles. The van der Waals surface area contributed by atoms with Crippen molar-refractivity contribution in [3.63, 3.8) is 0 Å². The summed E-state index contributed by atoms with van der Waals surface area (Å²) in [4.78, 5) is 35.7. The van der Waals surface area contributed by atoms with Crippen molar-refractivity contribution >= 4 is 23.3 Å². The highest BCUT2D eigenvalue weighted by molar-refractivity contribution is 5.95. The number of aromatic nitrogens is 2. The fourth-order valence-electron chi connectivity index (χ4n) is 3.78. The van der Waals surface area contributed by atoms with Gasteiger partial charge in [-0.3, -0.25) is 4.79 Å². The number of nitrogens with one attached hydrogen (secondary N) is 2. The van der Waals surface area contributed by atoms with Crippen LogP contribution < -0.4 is 10.2 Å². The number of esters is 1. The third-order valence-electron chi connectivity index (χ3n) is 5.55. The summed E-state index contributed by atoms with van der Waals surface area (Å²) in [6.45, 7) is 11.2. The summed E-state index contributed by atoms with van der Waals surface area (Å²) in [5.74, 6) is -0.491. The first-order valence-corrected chi connectivity index (χ1v) is 11.9. The maximum absolute atomic E-state index is 13.5. The van der Waals surface area contributed by atoms with E-state index < -0.39 is 17.6 Å². The van der Waals surface area contributed by atoms with Gasteiger partial charge in [0.2, 0.25) is 5.91 Å². The summed E-state index contributed by atoms with van der Waals surface area (Å²) in [5.41, 5.74) is 3.13. The Labute approximate surface area is 212 Å². The van der Waals surface area contributed by atoms with Crippen molar-refractivity contribution in [1.82, 2.24) is 9.97 Å². The zero-order valence-corrected chi connectivity index (χ0v) is 21.6. The molecule has 3 aromatic rings. The third-order valence-corrected chi connectivity index (χ3v) is 5.55. The number of aryl methyl sites for hydroxylation is 1. The number of nitrogens with zero attached hydrogens (tertiary/aromatic N) is 3. The molecular weight excluding hydrogens is 454 g/mol. The SMILES string of the molecule is Cc1[nH]cnc1C(C(=O)OC(C)(C)C)N(CC(=O)Nc1ccc(C(C)C)cc1)c1cccc(C#N)c1. The molecule has 0 saturated carbocycles. The van der Waals surface area contributed by atoms with Gasteiger partial charge in [0.05, 0.1) is 30.2 Å². The lowest BCUT2D eigenvalue weighted by Gasteiger charge is -2.33. The molecule has 1 unspecified atom stereocenters. The van der Waals surface area contributed by atoms with Gasteiger partial charge in [-0.2, -0.15) is 5.26 Å². The molecular formula is C28H33N5O3. The van der Waals surface area contributed by atoms with Crippen molar-refractivity contribution in [2.24, 2.45) is 0 Å². The monoisotopic (exact) mass is 487 g/mol. The van der Waals surface area contributed by atoms with Crippen molar-refractivity contribution in [1.29, 1.82) is 5.26 Å². The van der Waals surface area contributed by atoms with Crippen LogP contribution in [-0.2, 0) is 14.3 Å². The molecule has 1 aromatic heterocycles. The van der Waals surface area contributed by atoms with E-state index in [1.807, 2.05) is 24.3 Å². The molecule has 0 bridgehead atoms. The Morgan fingerprint density at radius 1 is 1.17 bits per heavy atom. The quantitative estimate of drug-likeness (QED) is 0.420. The summed E-state index contributed by atoms with van der Waals surface area (Å²) in [7, 11) is 0. The summed E-state index contributed by atoms with van der Waals surface area (Å²) in [5, 5.41) is 12.4. The minimum absolute atomic E-state index is 0.170. The topological polar surface area (TPSA) is 111 Å². The molecule has 0 fully saturated rings. The zero-order chi connectivity index (χ0) is 26.5. The Bertz CT molecular complexity index is 1250. The number of aromatic amines is 1. The molecule has 8 heteroatoms. The average Bonchev–Trinajstić information content (AvgIpc) is 3.23. The van der Waals surface area contributed by atoms with E-state index >= 15 is 0 Å². The predicted octanol–water partition coefficient (Wildman–Crippen LogP) is 5.24. The second kappa shape index (κ2) is 11.1. The van der Waals surface area contributed by atoms with Gasteiger partial charge in [0.15, 0.2) is 6.04 Å². The average molecular weight is 488 g/mol. The molecule has 1 atom stereocenters. The Balaban J connectivity index is 2.00. The van der Waals surface area contributed by atoms with Crippen LogP contribution in [0.2, 0.25) is 0 Å². The Kier molecular flexibility index (Phi) is 8.15. The molecule has 0 aliphatic heterocycles. The lowest BCUT2D eigenvalue weighted by Crippen LogP contribution is -2.43. The molecule has 2 N–H and O–H groups in total. The molecule has 0 aliphatic rings. The van der Waals surface area contributed by atoms with E-state index in [2.05, 4.69) is 35.2 Å². The number of hydrogen-bond donors (Lipinski definition) is 2. The van der Waals surface area contributed by atoms with Crippen molar-refractivity contribution in [2.75, 3.05) is 16.8 Å². The molecule has 8 nitrogen and oxygen atoms in total. The highest BCUT2D eigenvalue weighted by atomic mass is 16.6. The van der Waals surface area contributed by atoms with Crippen LogP contribution in [0.4, 0.5) is 11.4 Å². The van der Waals surface area contributed by atoms with Crippen LogP contribution in [0.5, 0.6) is 0 Å². The van der Waals surface area contributed by atoms with Crippen LogP contribution in [-0.4, -0.2) is 34.0 Å². The number of benzene rings is 2. The van der Waals surface area contributed by atoms with Crippen molar-refractivity contribution in [3.05, 3.63) is 77.4 Å². The second-order valence-corrected chi connectivity index (χ2v) is 9.96.